The first-order valence-corrected chi connectivity index (χ1v) is 6.09. The highest BCUT2D eigenvalue weighted by molar-refractivity contribution is 6.30. The van der Waals surface area contributed by atoms with Crippen molar-refractivity contribution < 1.29 is 4.79 Å². The number of amides is 1. The minimum Gasteiger partial charge on any atom is -0.361 e. The van der Waals surface area contributed by atoms with Crippen LogP contribution in [0.4, 0.5) is 0 Å². The van der Waals surface area contributed by atoms with Crippen LogP contribution in [0.3, 0.4) is 0 Å². The molecule has 1 aromatic heterocycles. The molecule has 0 saturated heterocycles. The molecule has 17 heavy (non-hydrogen) atoms. The van der Waals surface area contributed by atoms with Gasteiger partial charge in [0.15, 0.2) is 0 Å². The molecule has 1 atom stereocenters. The van der Waals surface area contributed by atoms with Crippen molar-refractivity contribution in [2.24, 2.45) is 0 Å². The summed E-state index contributed by atoms with van der Waals surface area (Å²) in [7, 11) is 0. The van der Waals surface area contributed by atoms with E-state index in [4.69, 9.17) is 11.6 Å². The molecular weight excluding hydrogens is 236 g/mol. The van der Waals surface area contributed by atoms with Crippen LogP contribution in [-0.2, 0) is 11.2 Å². The van der Waals surface area contributed by atoms with Gasteiger partial charge in [0.25, 0.3) is 0 Å². The number of para-hydroxylation sites is 1. The Labute approximate surface area is 105 Å². The average molecular weight is 251 g/mol. The van der Waals surface area contributed by atoms with Gasteiger partial charge in [-0.15, -0.1) is 11.6 Å². The Morgan fingerprint density at radius 3 is 3.00 bits per heavy atom. The Hall–Kier alpha value is -1.48. The molecule has 1 heterocycles. The van der Waals surface area contributed by atoms with Gasteiger partial charge in [-0.25, -0.2) is 0 Å². The van der Waals surface area contributed by atoms with Crippen LogP contribution >= 0.6 is 11.6 Å². The third kappa shape index (κ3) is 2.80. The molecule has 0 fully saturated rings. The smallest absolute Gasteiger partial charge is 0.237 e. The van der Waals surface area contributed by atoms with Crippen molar-refractivity contribution in [3.63, 3.8) is 0 Å². The molecule has 0 unspecified atom stereocenters. The number of aromatic nitrogens is 1. The van der Waals surface area contributed by atoms with Crippen molar-refractivity contribution >= 4 is 28.4 Å². The number of alkyl halides is 1. The number of nitrogens with one attached hydrogen (secondary N) is 2. The van der Waals surface area contributed by atoms with Crippen molar-refractivity contribution in [3.05, 3.63) is 36.0 Å². The van der Waals surface area contributed by atoms with E-state index >= 15 is 0 Å². The largest absolute Gasteiger partial charge is 0.361 e. The zero-order chi connectivity index (χ0) is 12.3. The van der Waals surface area contributed by atoms with Gasteiger partial charge in [-0.1, -0.05) is 18.2 Å². The third-order valence-corrected chi connectivity index (χ3v) is 2.93. The molecule has 0 radical (unpaired) electrons. The average Bonchev–Trinajstić information content (AvgIpc) is 2.72. The minimum atomic E-state index is -0.474. The van der Waals surface area contributed by atoms with Gasteiger partial charge in [0, 0.05) is 23.6 Å². The predicted molar refractivity (Wildman–Crippen MR) is 70.3 cm³/mol. The van der Waals surface area contributed by atoms with Crippen molar-refractivity contribution in [2.45, 2.75) is 18.7 Å². The fourth-order valence-corrected chi connectivity index (χ4v) is 1.88. The van der Waals surface area contributed by atoms with Gasteiger partial charge in [0.2, 0.25) is 5.91 Å². The number of halogens is 1. The zero-order valence-corrected chi connectivity index (χ0v) is 10.4. The monoisotopic (exact) mass is 250 g/mol. The minimum absolute atomic E-state index is 0.119. The molecule has 0 aliphatic carbocycles. The predicted octanol–water partition coefficient (Wildman–Crippen LogP) is 2.45. The Morgan fingerprint density at radius 2 is 2.24 bits per heavy atom. The van der Waals surface area contributed by atoms with E-state index in [1.807, 2.05) is 24.4 Å². The molecule has 0 saturated carbocycles. The van der Waals surface area contributed by atoms with Crippen LogP contribution < -0.4 is 5.32 Å². The van der Waals surface area contributed by atoms with Crippen LogP contribution in [0.15, 0.2) is 30.5 Å². The standard InChI is InChI=1S/C13H15ClN2O/c1-9(14)13(17)15-7-6-10-8-16-12-5-3-2-4-11(10)12/h2-5,8-9,16H,6-7H2,1H3,(H,15,17)/t9-/m1/s1. The maximum atomic E-state index is 11.3. The number of hydrogen-bond donors (Lipinski definition) is 2. The van der Waals surface area contributed by atoms with Crippen LogP contribution in [0.25, 0.3) is 10.9 Å². The highest BCUT2D eigenvalue weighted by Gasteiger charge is 2.08. The lowest BCUT2D eigenvalue weighted by molar-refractivity contribution is -0.120. The van der Waals surface area contributed by atoms with E-state index in [-0.39, 0.29) is 5.91 Å². The van der Waals surface area contributed by atoms with Crippen LogP contribution in [0, 0.1) is 0 Å². The number of carbonyl (C=O) groups is 1. The van der Waals surface area contributed by atoms with Gasteiger partial charge in [-0.2, -0.15) is 0 Å². The third-order valence-electron chi connectivity index (χ3n) is 2.73. The number of hydrogen-bond acceptors (Lipinski definition) is 1. The van der Waals surface area contributed by atoms with E-state index in [1.165, 1.54) is 10.9 Å². The molecule has 2 rings (SSSR count). The van der Waals surface area contributed by atoms with E-state index in [0.29, 0.717) is 6.54 Å². The first-order chi connectivity index (χ1) is 8.18. The summed E-state index contributed by atoms with van der Waals surface area (Å²) in [5.41, 5.74) is 2.34. The maximum Gasteiger partial charge on any atom is 0.237 e. The highest BCUT2D eigenvalue weighted by Crippen LogP contribution is 2.17. The number of rotatable bonds is 4. The molecule has 90 valence electrons. The van der Waals surface area contributed by atoms with E-state index in [0.717, 1.165) is 11.9 Å². The zero-order valence-electron chi connectivity index (χ0n) is 9.66. The quantitative estimate of drug-likeness (QED) is 0.805. The number of carbonyl (C=O) groups excluding carboxylic acids is 1. The van der Waals surface area contributed by atoms with Gasteiger partial charge in [-0.3, -0.25) is 4.79 Å². The molecule has 0 aliphatic heterocycles. The molecule has 3 nitrogen and oxygen atoms in total. The molecule has 0 spiro atoms. The second-order valence-electron chi connectivity index (χ2n) is 4.02. The molecule has 1 amide bonds. The second kappa shape index (κ2) is 5.23. The molecule has 0 aliphatic rings. The Balaban J connectivity index is 1.98. The van der Waals surface area contributed by atoms with Gasteiger partial charge < -0.3 is 10.3 Å². The maximum absolute atomic E-state index is 11.3. The first kappa shape index (κ1) is 12.0. The van der Waals surface area contributed by atoms with Gasteiger partial charge in [0.05, 0.1) is 0 Å². The molecule has 1 aromatic carbocycles. The van der Waals surface area contributed by atoms with Gasteiger partial charge in [-0.05, 0) is 25.0 Å². The summed E-state index contributed by atoms with van der Waals surface area (Å²) in [4.78, 5) is 14.5. The Bertz CT molecular complexity index is 519. The van der Waals surface area contributed by atoms with E-state index < -0.39 is 5.38 Å². The van der Waals surface area contributed by atoms with Crippen molar-refractivity contribution in [1.82, 2.24) is 10.3 Å². The number of H-pyrrole nitrogens is 1. The summed E-state index contributed by atoms with van der Waals surface area (Å²) < 4.78 is 0. The summed E-state index contributed by atoms with van der Waals surface area (Å²) in [6.45, 7) is 2.28. The summed E-state index contributed by atoms with van der Waals surface area (Å²) in [5, 5.41) is 3.54. The number of benzene rings is 1. The molecule has 0 bridgehead atoms. The number of fused-ring (bicyclic) bond motifs is 1. The van der Waals surface area contributed by atoms with Crippen LogP contribution in [0.5, 0.6) is 0 Å². The van der Waals surface area contributed by atoms with Gasteiger partial charge in [0.1, 0.15) is 5.38 Å². The topological polar surface area (TPSA) is 44.9 Å². The Morgan fingerprint density at radius 1 is 1.47 bits per heavy atom. The summed E-state index contributed by atoms with van der Waals surface area (Å²) >= 11 is 5.67. The molecule has 2 aromatic rings. The van der Waals surface area contributed by atoms with Gasteiger partial charge >= 0.3 is 0 Å². The lowest BCUT2D eigenvalue weighted by Gasteiger charge is -2.05. The normalized spacial score (nSPS) is 12.6. The Kier molecular flexibility index (Phi) is 3.69. The van der Waals surface area contributed by atoms with Crippen molar-refractivity contribution in [2.75, 3.05) is 6.54 Å². The van der Waals surface area contributed by atoms with Crippen molar-refractivity contribution in [1.29, 1.82) is 0 Å². The van der Waals surface area contributed by atoms with E-state index in [1.54, 1.807) is 6.92 Å². The highest BCUT2D eigenvalue weighted by atomic mass is 35.5. The fourth-order valence-electron chi connectivity index (χ4n) is 1.80. The molecular formula is C13H15ClN2O. The lowest BCUT2D eigenvalue weighted by Crippen LogP contribution is -2.31. The van der Waals surface area contributed by atoms with Crippen LogP contribution in [0.1, 0.15) is 12.5 Å². The summed E-state index contributed by atoms with van der Waals surface area (Å²) in [6.07, 6.45) is 2.79. The SMILES string of the molecule is C[C@@H](Cl)C(=O)NCCc1c[nH]c2ccccc12. The van der Waals surface area contributed by atoms with Crippen LogP contribution in [-0.4, -0.2) is 22.8 Å². The van der Waals surface area contributed by atoms with E-state index in [2.05, 4.69) is 16.4 Å². The summed E-state index contributed by atoms with van der Waals surface area (Å²) in [5.74, 6) is -0.119. The van der Waals surface area contributed by atoms with Crippen molar-refractivity contribution in [3.8, 4) is 0 Å². The first-order valence-electron chi connectivity index (χ1n) is 5.65. The number of aromatic amines is 1. The second-order valence-corrected chi connectivity index (χ2v) is 4.67. The van der Waals surface area contributed by atoms with E-state index in [9.17, 15) is 4.79 Å². The lowest BCUT2D eigenvalue weighted by atomic mass is 10.1. The molecule has 2 N–H and O–H groups in total. The summed E-state index contributed by atoms with van der Waals surface area (Å²) in [6, 6.07) is 8.13. The molecule has 4 heteroatoms. The fraction of sp³-hybridized carbons (Fsp3) is 0.308. The van der Waals surface area contributed by atoms with Crippen LogP contribution in [0.2, 0.25) is 0 Å².